The van der Waals surface area contributed by atoms with E-state index in [9.17, 15) is 35.9 Å². The molecule has 214 valence electrons. The SMILES string of the molecule is Cc1ncc(-c2cc(C(F)(F)F)c3c(N)ncnn23)cc1C(=O)NC1CN(C(=O)C2CCC(F)(F)C2)CC1CF. The highest BCUT2D eigenvalue weighted by molar-refractivity contribution is 5.96. The highest BCUT2D eigenvalue weighted by Crippen LogP contribution is 2.41. The van der Waals surface area contributed by atoms with Gasteiger partial charge in [0.2, 0.25) is 11.8 Å². The van der Waals surface area contributed by atoms with Crippen LogP contribution in [0.25, 0.3) is 16.8 Å². The van der Waals surface area contributed by atoms with Gasteiger partial charge in [0.15, 0.2) is 5.82 Å². The second-order valence-corrected chi connectivity index (χ2v) is 10.2. The Balaban J connectivity index is 1.40. The second-order valence-electron chi connectivity index (χ2n) is 10.2. The van der Waals surface area contributed by atoms with Gasteiger partial charge in [0.05, 0.1) is 35.2 Å². The number of rotatable bonds is 5. The van der Waals surface area contributed by atoms with Gasteiger partial charge < -0.3 is 16.0 Å². The van der Waals surface area contributed by atoms with E-state index in [0.29, 0.717) is 0 Å². The van der Waals surface area contributed by atoms with Gasteiger partial charge in [-0.3, -0.25) is 19.0 Å². The number of fused-ring (bicyclic) bond motifs is 1. The summed E-state index contributed by atoms with van der Waals surface area (Å²) in [4.78, 5) is 35.2. The van der Waals surface area contributed by atoms with Crippen LogP contribution in [-0.4, -0.2) is 68.0 Å². The summed E-state index contributed by atoms with van der Waals surface area (Å²) >= 11 is 0. The van der Waals surface area contributed by atoms with Crippen molar-refractivity contribution in [3.8, 4) is 11.3 Å². The number of carbonyl (C=O) groups excluding carboxylic acids is 2. The van der Waals surface area contributed by atoms with E-state index in [1.165, 1.54) is 24.1 Å². The van der Waals surface area contributed by atoms with Gasteiger partial charge in [0.1, 0.15) is 11.8 Å². The van der Waals surface area contributed by atoms with Crippen molar-refractivity contribution in [1.29, 1.82) is 0 Å². The summed E-state index contributed by atoms with van der Waals surface area (Å²) in [5, 5.41) is 6.58. The summed E-state index contributed by atoms with van der Waals surface area (Å²) in [6.07, 6.45) is -3.38. The van der Waals surface area contributed by atoms with Crippen LogP contribution in [0.2, 0.25) is 0 Å². The quantitative estimate of drug-likeness (QED) is 0.453. The number of halogens is 6. The number of carbonyl (C=O) groups is 2. The number of nitrogens with two attached hydrogens (primary N) is 1. The predicted molar refractivity (Wildman–Crippen MR) is 130 cm³/mol. The smallest absolute Gasteiger partial charge is 0.382 e. The zero-order chi connectivity index (χ0) is 29.0. The molecule has 2 fully saturated rings. The van der Waals surface area contributed by atoms with Crippen molar-refractivity contribution in [3.63, 3.8) is 0 Å². The summed E-state index contributed by atoms with van der Waals surface area (Å²) in [5.41, 5.74) is 4.56. The molecule has 1 aliphatic carbocycles. The molecule has 40 heavy (non-hydrogen) atoms. The van der Waals surface area contributed by atoms with E-state index >= 15 is 0 Å². The molecule has 3 aromatic heterocycles. The minimum absolute atomic E-state index is 0.0147. The van der Waals surface area contributed by atoms with Crippen molar-refractivity contribution in [2.75, 3.05) is 25.5 Å². The van der Waals surface area contributed by atoms with E-state index in [1.54, 1.807) is 0 Å². The van der Waals surface area contributed by atoms with Gasteiger partial charge >= 0.3 is 6.18 Å². The topological polar surface area (TPSA) is 119 Å². The number of nitrogens with one attached hydrogen (secondary N) is 1. The van der Waals surface area contributed by atoms with Crippen LogP contribution in [0.5, 0.6) is 0 Å². The van der Waals surface area contributed by atoms with Gasteiger partial charge in [-0.25, -0.2) is 18.3 Å². The van der Waals surface area contributed by atoms with Gasteiger partial charge in [-0.15, -0.1) is 0 Å². The van der Waals surface area contributed by atoms with Gasteiger partial charge in [0, 0.05) is 49.5 Å². The Morgan fingerprint density at radius 2 is 1.95 bits per heavy atom. The summed E-state index contributed by atoms with van der Waals surface area (Å²) in [6, 6.07) is 1.37. The fourth-order valence-electron chi connectivity index (χ4n) is 5.43. The highest BCUT2D eigenvalue weighted by atomic mass is 19.4. The van der Waals surface area contributed by atoms with Gasteiger partial charge in [-0.2, -0.15) is 18.3 Å². The number of alkyl halides is 6. The first-order chi connectivity index (χ1) is 18.8. The number of pyridine rings is 1. The van der Waals surface area contributed by atoms with Crippen LogP contribution in [0.1, 0.15) is 40.9 Å². The molecule has 1 saturated heterocycles. The number of nitrogens with zero attached hydrogens (tertiary/aromatic N) is 5. The normalized spacial score (nSPS) is 22.7. The van der Waals surface area contributed by atoms with Crippen LogP contribution in [0.4, 0.5) is 32.2 Å². The molecule has 3 aromatic rings. The van der Waals surface area contributed by atoms with Crippen LogP contribution in [0.3, 0.4) is 0 Å². The van der Waals surface area contributed by atoms with Crippen molar-refractivity contribution in [2.45, 2.75) is 44.3 Å². The Hall–Kier alpha value is -3.91. The molecule has 0 bridgehead atoms. The summed E-state index contributed by atoms with van der Waals surface area (Å²) in [6.45, 7) is 0.580. The first-order valence-electron chi connectivity index (χ1n) is 12.5. The molecule has 5 rings (SSSR count). The van der Waals surface area contributed by atoms with Crippen LogP contribution >= 0.6 is 0 Å². The third kappa shape index (κ3) is 5.04. The number of anilines is 1. The molecule has 1 aliphatic heterocycles. The molecule has 0 spiro atoms. The molecule has 15 heteroatoms. The van der Waals surface area contributed by atoms with Crippen LogP contribution in [-0.2, 0) is 11.0 Å². The standard InChI is InChI=1S/C25H25F6N7O2/c1-12-16(4-14(8-33-12)19-5-17(25(29,30)31)20-21(32)34-11-35-38(19)20)22(39)36-18-10-37(9-15(18)7-26)23(40)13-2-3-24(27,28)6-13/h4-5,8,11,13,15,18H,2-3,6-7,9-10H2,1H3,(H,36,39)(H2,32,34,35). The Labute approximate surface area is 223 Å². The molecule has 1 saturated carbocycles. The van der Waals surface area contributed by atoms with Crippen LogP contribution < -0.4 is 11.1 Å². The van der Waals surface area contributed by atoms with E-state index in [-0.39, 0.29) is 54.3 Å². The lowest BCUT2D eigenvalue weighted by Gasteiger charge is -2.21. The Morgan fingerprint density at radius 1 is 1.20 bits per heavy atom. The molecule has 0 radical (unpaired) electrons. The van der Waals surface area contributed by atoms with Gasteiger partial charge in [0.25, 0.3) is 5.91 Å². The zero-order valence-corrected chi connectivity index (χ0v) is 21.2. The monoisotopic (exact) mass is 569 g/mol. The average Bonchev–Trinajstić information content (AvgIpc) is 3.59. The lowest BCUT2D eigenvalue weighted by Crippen LogP contribution is -2.42. The van der Waals surface area contributed by atoms with Crippen molar-refractivity contribution < 1.29 is 35.9 Å². The average molecular weight is 570 g/mol. The fourth-order valence-corrected chi connectivity index (χ4v) is 5.43. The number of nitrogen functional groups attached to an aromatic ring is 1. The minimum atomic E-state index is -4.76. The first kappa shape index (κ1) is 27.6. The maximum absolute atomic E-state index is 13.8. The second kappa shape index (κ2) is 9.93. The van der Waals surface area contributed by atoms with E-state index < -0.39 is 66.0 Å². The maximum atomic E-state index is 13.8. The Morgan fingerprint density at radius 3 is 2.60 bits per heavy atom. The molecular weight excluding hydrogens is 544 g/mol. The molecule has 9 nitrogen and oxygen atoms in total. The predicted octanol–water partition coefficient (Wildman–Crippen LogP) is 3.66. The fraction of sp³-hybridized carbons (Fsp3) is 0.480. The molecule has 3 N–H and O–H groups in total. The lowest BCUT2D eigenvalue weighted by molar-refractivity contribution is -0.136. The number of aromatic nitrogens is 4. The number of hydrogen-bond acceptors (Lipinski definition) is 6. The van der Waals surface area contributed by atoms with Crippen LogP contribution in [0.15, 0.2) is 24.7 Å². The number of amides is 2. The number of likely N-dealkylation sites (tertiary alicyclic amines) is 1. The van der Waals surface area contributed by atoms with E-state index in [1.807, 2.05) is 0 Å². The van der Waals surface area contributed by atoms with Gasteiger partial charge in [-0.05, 0) is 25.5 Å². The third-order valence-corrected chi connectivity index (χ3v) is 7.54. The van der Waals surface area contributed by atoms with E-state index in [4.69, 9.17) is 5.73 Å². The van der Waals surface area contributed by atoms with Crippen molar-refractivity contribution >= 4 is 23.1 Å². The zero-order valence-electron chi connectivity index (χ0n) is 21.2. The highest BCUT2D eigenvalue weighted by Gasteiger charge is 2.46. The minimum Gasteiger partial charge on any atom is -0.382 e. The summed E-state index contributed by atoms with van der Waals surface area (Å²) in [5.74, 6) is -6.08. The molecule has 3 unspecified atom stereocenters. The first-order valence-corrected chi connectivity index (χ1v) is 12.5. The Kier molecular flexibility index (Phi) is 6.86. The molecule has 4 heterocycles. The van der Waals surface area contributed by atoms with Crippen molar-refractivity contribution in [1.82, 2.24) is 29.8 Å². The van der Waals surface area contributed by atoms with Gasteiger partial charge in [-0.1, -0.05) is 0 Å². The molecular formula is C25H25F6N7O2. The van der Waals surface area contributed by atoms with Crippen molar-refractivity contribution in [3.05, 3.63) is 41.5 Å². The van der Waals surface area contributed by atoms with E-state index in [0.717, 1.165) is 16.9 Å². The molecule has 0 aromatic carbocycles. The van der Waals surface area contributed by atoms with Crippen LogP contribution in [0, 0.1) is 18.8 Å². The summed E-state index contributed by atoms with van der Waals surface area (Å²) < 4.78 is 83.2. The number of hydrogen-bond donors (Lipinski definition) is 2. The van der Waals surface area contributed by atoms with Crippen molar-refractivity contribution in [2.24, 2.45) is 11.8 Å². The lowest BCUT2D eigenvalue weighted by atomic mass is 10.0. The number of aryl methyl sites for hydroxylation is 1. The largest absolute Gasteiger partial charge is 0.418 e. The van der Waals surface area contributed by atoms with E-state index in [2.05, 4.69) is 20.4 Å². The maximum Gasteiger partial charge on any atom is 0.418 e. The molecule has 2 amide bonds. The molecule has 3 atom stereocenters. The Bertz CT molecular complexity index is 1470. The summed E-state index contributed by atoms with van der Waals surface area (Å²) in [7, 11) is 0. The third-order valence-electron chi connectivity index (χ3n) is 7.54. The molecule has 2 aliphatic rings.